The predicted molar refractivity (Wildman–Crippen MR) is 121 cm³/mol. The number of rotatable bonds is 5. The summed E-state index contributed by atoms with van der Waals surface area (Å²) >= 11 is 0. The molecule has 2 aromatic rings. The summed E-state index contributed by atoms with van der Waals surface area (Å²) in [4.78, 5) is 32.3. The van der Waals surface area contributed by atoms with Crippen LogP contribution in [0, 0.1) is 0 Å². The van der Waals surface area contributed by atoms with E-state index in [9.17, 15) is 9.59 Å². The van der Waals surface area contributed by atoms with E-state index in [1.54, 1.807) is 0 Å². The third-order valence-electron chi connectivity index (χ3n) is 6.71. The minimum atomic E-state index is 0.0927. The van der Waals surface area contributed by atoms with Crippen molar-refractivity contribution >= 4 is 22.6 Å². The van der Waals surface area contributed by atoms with Crippen LogP contribution in [0.3, 0.4) is 0 Å². The van der Waals surface area contributed by atoms with Crippen LogP contribution >= 0.6 is 0 Å². The molecule has 4 rings (SSSR count). The van der Waals surface area contributed by atoms with Crippen molar-refractivity contribution in [3.63, 3.8) is 0 Å². The first-order valence-electron chi connectivity index (χ1n) is 11.5. The quantitative estimate of drug-likeness (QED) is 0.758. The topological polar surface area (TPSA) is 43.9 Å². The fourth-order valence-electron chi connectivity index (χ4n) is 5.00. The molecule has 1 saturated heterocycles. The van der Waals surface area contributed by atoms with Crippen LogP contribution in [0.1, 0.15) is 49.4 Å². The number of benzene rings is 2. The normalized spacial score (nSPS) is 18.5. The first-order valence-corrected chi connectivity index (χ1v) is 11.5. The Balaban J connectivity index is 1.34. The molecule has 1 aliphatic heterocycles. The van der Waals surface area contributed by atoms with Crippen LogP contribution < -0.4 is 0 Å². The Kier molecular flexibility index (Phi) is 6.68. The average Bonchev–Trinajstić information content (AvgIpc) is 2.80. The maximum Gasteiger partial charge on any atom is 0.254 e. The number of fused-ring (bicyclic) bond motifs is 1. The number of hydrogen-bond acceptors (Lipinski definition) is 3. The highest BCUT2D eigenvalue weighted by molar-refractivity contribution is 6.07. The monoisotopic (exact) mass is 407 g/mol. The molecule has 0 aromatic heterocycles. The second-order valence-corrected chi connectivity index (χ2v) is 8.57. The zero-order chi connectivity index (χ0) is 20.9. The van der Waals surface area contributed by atoms with Crippen LogP contribution in [-0.4, -0.2) is 71.8 Å². The molecule has 0 N–H and O–H groups in total. The fraction of sp³-hybridized carbons (Fsp3) is 0.520. The van der Waals surface area contributed by atoms with Crippen molar-refractivity contribution in [2.45, 2.75) is 45.1 Å². The number of hydrogen-bond donors (Lipinski definition) is 0. The van der Waals surface area contributed by atoms with Crippen LogP contribution in [0.25, 0.3) is 10.8 Å². The van der Waals surface area contributed by atoms with E-state index >= 15 is 0 Å². The minimum Gasteiger partial charge on any atom is -0.339 e. The molecule has 1 aliphatic carbocycles. The highest BCUT2D eigenvalue weighted by atomic mass is 16.2. The molecule has 1 saturated carbocycles. The van der Waals surface area contributed by atoms with Gasteiger partial charge in [-0.1, -0.05) is 55.7 Å². The maximum atomic E-state index is 13.1. The van der Waals surface area contributed by atoms with Crippen molar-refractivity contribution in [1.82, 2.24) is 14.7 Å². The van der Waals surface area contributed by atoms with E-state index in [0.29, 0.717) is 25.7 Å². The van der Waals surface area contributed by atoms with Crippen LogP contribution in [0.4, 0.5) is 0 Å². The fourth-order valence-corrected chi connectivity index (χ4v) is 5.00. The van der Waals surface area contributed by atoms with Gasteiger partial charge in [-0.05, 0) is 36.6 Å². The lowest BCUT2D eigenvalue weighted by Crippen LogP contribution is -2.52. The number of carbonyl (C=O) groups is 2. The molecule has 2 aliphatic rings. The summed E-state index contributed by atoms with van der Waals surface area (Å²) in [6, 6.07) is 14.4. The highest BCUT2D eigenvalue weighted by Crippen LogP contribution is 2.23. The Bertz CT molecular complexity index is 878. The number of amides is 2. The molecular weight excluding hydrogens is 374 g/mol. The average molecular weight is 408 g/mol. The third-order valence-corrected chi connectivity index (χ3v) is 6.71. The van der Waals surface area contributed by atoms with Gasteiger partial charge in [-0.2, -0.15) is 0 Å². The first kappa shape index (κ1) is 20.9. The van der Waals surface area contributed by atoms with Gasteiger partial charge in [0.15, 0.2) is 0 Å². The van der Waals surface area contributed by atoms with Gasteiger partial charge in [0, 0.05) is 44.3 Å². The summed E-state index contributed by atoms with van der Waals surface area (Å²) in [5, 5.41) is 2.10. The summed E-state index contributed by atoms with van der Waals surface area (Å²) in [7, 11) is 0. The second kappa shape index (κ2) is 9.61. The minimum absolute atomic E-state index is 0.0927. The van der Waals surface area contributed by atoms with Crippen molar-refractivity contribution in [3.05, 3.63) is 48.0 Å². The molecule has 5 nitrogen and oxygen atoms in total. The Labute approximate surface area is 179 Å². The van der Waals surface area contributed by atoms with E-state index in [4.69, 9.17) is 0 Å². The summed E-state index contributed by atoms with van der Waals surface area (Å²) < 4.78 is 0. The summed E-state index contributed by atoms with van der Waals surface area (Å²) in [6.07, 6.45) is 6.07. The molecule has 0 radical (unpaired) electrons. The molecule has 0 bridgehead atoms. The third kappa shape index (κ3) is 4.51. The van der Waals surface area contributed by atoms with Gasteiger partial charge in [0.2, 0.25) is 5.91 Å². The van der Waals surface area contributed by atoms with Crippen molar-refractivity contribution in [1.29, 1.82) is 0 Å². The zero-order valence-corrected chi connectivity index (χ0v) is 18.1. The molecule has 5 heteroatoms. The predicted octanol–water partition coefficient (Wildman–Crippen LogP) is 3.78. The van der Waals surface area contributed by atoms with E-state index in [1.807, 2.05) is 47.4 Å². The number of carbonyl (C=O) groups excluding carboxylic acids is 2. The van der Waals surface area contributed by atoms with Gasteiger partial charge in [0.1, 0.15) is 0 Å². The van der Waals surface area contributed by atoms with E-state index in [1.165, 1.54) is 19.3 Å². The molecule has 2 aromatic carbocycles. The Morgan fingerprint density at radius 2 is 1.63 bits per heavy atom. The van der Waals surface area contributed by atoms with E-state index in [-0.39, 0.29) is 11.8 Å². The summed E-state index contributed by atoms with van der Waals surface area (Å²) in [5.74, 6) is 0.341. The van der Waals surface area contributed by atoms with Crippen molar-refractivity contribution in [2.75, 3.05) is 39.3 Å². The molecule has 0 spiro atoms. The Morgan fingerprint density at radius 1 is 0.933 bits per heavy atom. The number of nitrogens with zero attached hydrogens (tertiary/aromatic N) is 3. The standard InChI is InChI=1S/C25H33N3O2/c1-2-28(21-11-4-3-5-12-21)24(29)19-26-15-17-27(18-16-26)25(30)23-14-8-10-20-9-6-7-13-22(20)23/h6-10,13-14,21H,2-5,11-12,15-19H2,1H3. The molecule has 0 atom stereocenters. The largest absolute Gasteiger partial charge is 0.339 e. The lowest BCUT2D eigenvalue weighted by molar-refractivity contribution is -0.135. The Hall–Kier alpha value is -2.40. The number of likely N-dealkylation sites (N-methyl/N-ethyl adjacent to an activating group) is 1. The molecule has 30 heavy (non-hydrogen) atoms. The number of piperazine rings is 1. The van der Waals surface area contributed by atoms with Gasteiger partial charge in [0.25, 0.3) is 5.91 Å². The smallest absolute Gasteiger partial charge is 0.254 e. The molecule has 0 unspecified atom stereocenters. The SMILES string of the molecule is CCN(C(=O)CN1CCN(C(=O)c2cccc3ccccc23)CC1)C1CCCCC1. The van der Waals surface area contributed by atoms with E-state index < -0.39 is 0 Å². The lowest BCUT2D eigenvalue weighted by Gasteiger charge is -2.38. The lowest BCUT2D eigenvalue weighted by atomic mass is 9.94. The maximum absolute atomic E-state index is 13.1. The van der Waals surface area contributed by atoms with Gasteiger partial charge in [-0.25, -0.2) is 0 Å². The van der Waals surface area contributed by atoms with Crippen LogP contribution in [0.5, 0.6) is 0 Å². The molecule has 2 fully saturated rings. The van der Waals surface area contributed by atoms with Crippen molar-refractivity contribution < 1.29 is 9.59 Å². The second-order valence-electron chi connectivity index (χ2n) is 8.57. The summed E-state index contributed by atoms with van der Waals surface area (Å²) in [5.41, 5.74) is 0.770. The molecule has 1 heterocycles. The van der Waals surface area contributed by atoms with Crippen LogP contribution in [-0.2, 0) is 4.79 Å². The highest BCUT2D eigenvalue weighted by Gasteiger charge is 2.28. The molecule has 2 amide bonds. The van der Waals surface area contributed by atoms with Crippen LogP contribution in [0.2, 0.25) is 0 Å². The van der Waals surface area contributed by atoms with E-state index in [2.05, 4.69) is 16.7 Å². The summed E-state index contributed by atoms with van der Waals surface area (Å²) in [6.45, 7) is 6.21. The van der Waals surface area contributed by atoms with Crippen molar-refractivity contribution in [2.24, 2.45) is 0 Å². The van der Waals surface area contributed by atoms with Gasteiger partial charge >= 0.3 is 0 Å². The van der Waals surface area contributed by atoms with Gasteiger partial charge in [0.05, 0.1) is 6.54 Å². The van der Waals surface area contributed by atoms with Gasteiger partial charge < -0.3 is 9.80 Å². The Morgan fingerprint density at radius 3 is 2.37 bits per heavy atom. The van der Waals surface area contributed by atoms with Crippen molar-refractivity contribution in [3.8, 4) is 0 Å². The van der Waals surface area contributed by atoms with Crippen LogP contribution in [0.15, 0.2) is 42.5 Å². The van der Waals surface area contributed by atoms with Gasteiger partial charge in [-0.3, -0.25) is 14.5 Å². The molecule has 160 valence electrons. The zero-order valence-electron chi connectivity index (χ0n) is 18.1. The van der Waals surface area contributed by atoms with E-state index in [0.717, 1.165) is 48.8 Å². The first-order chi connectivity index (χ1) is 14.7. The molecular formula is C25H33N3O2. The van der Waals surface area contributed by atoms with Gasteiger partial charge in [-0.15, -0.1) is 0 Å².